The number of hydrogen-bond acceptors (Lipinski definition) is 4. The highest BCUT2D eigenvalue weighted by Gasteiger charge is 2.35. The van der Waals surface area contributed by atoms with Crippen LogP contribution in [0.1, 0.15) is 25.0 Å². The number of benzene rings is 10. The highest BCUT2D eigenvalue weighted by atomic mass is 16.3. The monoisotopic (exact) mass is 817 g/mol. The molecular weight excluding hydrogens is 779 g/mol. The fraction of sp³-hybridized carbons (Fsp3) is 0.0500. The minimum atomic E-state index is -0.0913. The molecule has 0 unspecified atom stereocenters. The van der Waals surface area contributed by atoms with Gasteiger partial charge in [-0.25, -0.2) is 15.0 Å². The van der Waals surface area contributed by atoms with E-state index in [4.69, 9.17) is 19.4 Å². The molecule has 0 atom stereocenters. The summed E-state index contributed by atoms with van der Waals surface area (Å²) in [6.45, 7) is 4.65. The molecule has 0 saturated heterocycles. The average molecular weight is 818 g/mol. The van der Waals surface area contributed by atoms with E-state index in [0.717, 1.165) is 60.9 Å². The minimum absolute atomic E-state index is 0.0913. The fourth-order valence-corrected chi connectivity index (χ4v) is 10.3. The Morgan fingerprint density at radius 1 is 0.312 bits per heavy atom. The van der Waals surface area contributed by atoms with E-state index in [1.54, 1.807) is 0 Å². The first-order valence-electron chi connectivity index (χ1n) is 21.9. The third-order valence-corrected chi connectivity index (χ3v) is 13.5. The molecule has 0 radical (unpaired) electrons. The van der Waals surface area contributed by atoms with Crippen molar-refractivity contribution in [3.63, 3.8) is 0 Å². The maximum Gasteiger partial charge on any atom is 0.164 e. The molecule has 0 bridgehead atoms. The Balaban J connectivity index is 0.954. The summed E-state index contributed by atoms with van der Waals surface area (Å²) >= 11 is 0. The van der Waals surface area contributed by atoms with Crippen molar-refractivity contribution in [1.29, 1.82) is 0 Å². The van der Waals surface area contributed by atoms with Gasteiger partial charge in [0.15, 0.2) is 17.5 Å². The summed E-state index contributed by atoms with van der Waals surface area (Å²) in [5.41, 5.74) is 14.1. The molecule has 0 spiro atoms. The Labute approximate surface area is 370 Å². The zero-order valence-electron chi connectivity index (χ0n) is 35.3. The van der Waals surface area contributed by atoms with Crippen LogP contribution in [0, 0.1) is 0 Å². The highest BCUT2D eigenvalue weighted by Crippen LogP contribution is 2.50. The van der Waals surface area contributed by atoms with E-state index in [0.29, 0.717) is 17.5 Å². The SMILES string of the molecule is CC1(C)c2ccccc2-c2ccc(-c3cccc(-c4nc(-c5ccccc5)nc(-c5cccc6oc7ccc(-c8ccc9c%10ccccc%10c%10ccccc%10c9c8)cc7c56)n4)c3)cc21. The third-order valence-electron chi connectivity index (χ3n) is 13.5. The lowest BCUT2D eigenvalue weighted by atomic mass is 9.81. The molecule has 0 N–H and O–H groups in total. The normalized spacial score (nSPS) is 13.0. The van der Waals surface area contributed by atoms with E-state index in [1.165, 1.54) is 54.6 Å². The van der Waals surface area contributed by atoms with Gasteiger partial charge in [-0.3, -0.25) is 0 Å². The second kappa shape index (κ2) is 13.9. The predicted molar refractivity (Wildman–Crippen MR) is 264 cm³/mol. The molecule has 2 aromatic heterocycles. The lowest BCUT2D eigenvalue weighted by Gasteiger charge is -2.22. The minimum Gasteiger partial charge on any atom is -0.456 e. The molecule has 2 heterocycles. The Morgan fingerprint density at radius 2 is 0.828 bits per heavy atom. The number of fused-ring (bicyclic) bond motifs is 12. The maximum absolute atomic E-state index is 6.57. The van der Waals surface area contributed by atoms with Gasteiger partial charge in [0.25, 0.3) is 0 Å². The quantitative estimate of drug-likeness (QED) is 0.162. The zero-order chi connectivity index (χ0) is 42.5. The molecule has 300 valence electrons. The van der Waals surface area contributed by atoms with Gasteiger partial charge in [0.05, 0.1) is 0 Å². The molecule has 0 fully saturated rings. The second-order valence-electron chi connectivity index (χ2n) is 17.5. The Bertz CT molecular complexity index is 3850. The van der Waals surface area contributed by atoms with Crippen LogP contribution < -0.4 is 0 Å². The van der Waals surface area contributed by atoms with E-state index in [1.807, 2.05) is 30.3 Å². The number of nitrogens with zero attached hydrogens (tertiary/aromatic N) is 3. The van der Waals surface area contributed by atoms with Crippen LogP contribution in [0.25, 0.3) is 122 Å². The molecule has 1 aliphatic rings. The van der Waals surface area contributed by atoms with Crippen LogP contribution in [-0.2, 0) is 5.41 Å². The van der Waals surface area contributed by atoms with Crippen LogP contribution in [0.3, 0.4) is 0 Å². The van der Waals surface area contributed by atoms with Gasteiger partial charge in [0.1, 0.15) is 11.2 Å². The van der Waals surface area contributed by atoms with Gasteiger partial charge < -0.3 is 4.42 Å². The van der Waals surface area contributed by atoms with E-state index < -0.39 is 0 Å². The van der Waals surface area contributed by atoms with Crippen molar-refractivity contribution in [3.8, 4) is 67.5 Å². The van der Waals surface area contributed by atoms with Crippen molar-refractivity contribution in [2.45, 2.75) is 19.3 Å². The van der Waals surface area contributed by atoms with Crippen LogP contribution in [0.15, 0.2) is 205 Å². The van der Waals surface area contributed by atoms with Gasteiger partial charge in [0.2, 0.25) is 0 Å². The van der Waals surface area contributed by atoms with E-state index in [9.17, 15) is 0 Å². The van der Waals surface area contributed by atoms with Crippen molar-refractivity contribution in [1.82, 2.24) is 15.0 Å². The Kier molecular flexibility index (Phi) is 7.92. The molecule has 1 aliphatic carbocycles. The van der Waals surface area contributed by atoms with Crippen molar-refractivity contribution >= 4 is 54.3 Å². The van der Waals surface area contributed by atoms with Gasteiger partial charge >= 0.3 is 0 Å². The molecule has 13 rings (SSSR count). The largest absolute Gasteiger partial charge is 0.456 e. The lowest BCUT2D eigenvalue weighted by Crippen LogP contribution is -2.14. The second-order valence-corrected chi connectivity index (χ2v) is 17.5. The molecule has 4 nitrogen and oxygen atoms in total. The lowest BCUT2D eigenvalue weighted by molar-refractivity contribution is 0.660. The van der Waals surface area contributed by atoms with Crippen molar-refractivity contribution in [3.05, 3.63) is 211 Å². The predicted octanol–water partition coefficient (Wildman–Crippen LogP) is 15.9. The first-order chi connectivity index (χ1) is 31.5. The summed E-state index contributed by atoms with van der Waals surface area (Å²) < 4.78 is 6.57. The number of aromatic nitrogens is 3. The number of furan rings is 1. The van der Waals surface area contributed by atoms with E-state index >= 15 is 0 Å². The topological polar surface area (TPSA) is 51.8 Å². The van der Waals surface area contributed by atoms with E-state index in [-0.39, 0.29) is 5.41 Å². The third kappa shape index (κ3) is 5.59. The summed E-state index contributed by atoms with van der Waals surface area (Å²) in [7, 11) is 0. The molecule has 12 aromatic rings. The maximum atomic E-state index is 6.57. The Hall–Kier alpha value is -8.21. The van der Waals surface area contributed by atoms with Crippen LogP contribution in [-0.4, -0.2) is 15.0 Å². The van der Waals surface area contributed by atoms with Gasteiger partial charge in [-0.2, -0.15) is 0 Å². The Morgan fingerprint density at radius 3 is 1.61 bits per heavy atom. The van der Waals surface area contributed by atoms with Crippen molar-refractivity contribution < 1.29 is 4.42 Å². The van der Waals surface area contributed by atoms with Crippen LogP contribution in [0.5, 0.6) is 0 Å². The summed E-state index contributed by atoms with van der Waals surface area (Å²) in [5, 5.41) is 9.54. The summed E-state index contributed by atoms with van der Waals surface area (Å²) in [4.78, 5) is 15.6. The van der Waals surface area contributed by atoms with Crippen LogP contribution in [0.4, 0.5) is 0 Å². The molecule has 0 aliphatic heterocycles. The smallest absolute Gasteiger partial charge is 0.164 e. The number of rotatable bonds is 5. The summed E-state index contributed by atoms with van der Waals surface area (Å²) in [6.07, 6.45) is 0. The van der Waals surface area contributed by atoms with E-state index in [2.05, 4.69) is 184 Å². The van der Waals surface area contributed by atoms with Gasteiger partial charge in [-0.1, -0.05) is 178 Å². The number of hydrogen-bond donors (Lipinski definition) is 0. The first kappa shape index (κ1) is 36.4. The fourth-order valence-electron chi connectivity index (χ4n) is 10.3. The standard InChI is InChI=1S/C60H39N3O/c1-60(2)52-24-11-10-22-47(52)48-30-27-40(35-53(48)60)37-16-12-17-41(32-37)58-61-57(36-14-4-3-5-15-36)62-59(63-58)49-23-13-25-55-56(49)51-34-39(28-31-54(51)64-55)38-26-29-46-44-20-7-6-18-42(44)43-19-8-9-21-45(43)50(46)33-38/h3-35H,1-2H3. The van der Waals surface area contributed by atoms with Crippen molar-refractivity contribution in [2.24, 2.45) is 0 Å². The summed E-state index contributed by atoms with van der Waals surface area (Å²) in [5.74, 6) is 1.82. The molecule has 4 heteroatoms. The van der Waals surface area contributed by atoms with Crippen molar-refractivity contribution in [2.75, 3.05) is 0 Å². The summed E-state index contributed by atoms with van der Waals surface area (Å²) in [6, 6.07) is 71.4. The van der Waals surface area contributed by atoms with Gasteiger partial charge in [-0.15, -0.1) is 0 Å². The van der Waals surface area contributed by atoms with Crippen LogP contribution >= 0.6 is 0 Å². The first-order valence-corrected chi connectivity index (χ1v) is 21.9. The molecule has 0 amide bonds. The molecule has 10 aromatic carbocycles. The average Bonchev–Trinajstić information content (AvgIpc) is 3.85. The molecule has 0 saturated carbocycles. The zero-order valence-corrected chi connectivity index (χ0v) is 35.3. The molecular formula is C60H39N3O. The van der Waals surface area contributed by atoms with Gasteiger partial charge in [0, 0.05) is 32.9 Å². The molecule has 64 heavy (non-hydrogen) atoms. The van der Waals surface area contributed by atoms with Gasteiger partial charge in [-0.05, 0) is 113 Å². The highest BCUT2D eigenvalue weighted by molar-refractivity contribution is 6.26. The van der Waals surface area contributed by atoms with Crippen LogP contribution in [0.2, 0.25) is 0 Å².